The van der Waals surface area contributed by atoms with E-state index in [2.05, 4.69) is 5.32 Å². The SMILES string of the molecule is CCOc1ccc(N(CC(=O)N(Cc2ccc(Cl)cc2Cl)C(Cc2ccccc2)C(=O)NC)S(=O)(=O)c2ccc(SC)cc2)cc1. The number of amides is 2. The van der Waals surface area contributed by atoms with Gasteiger partial charge in [-0.3, -0.25) is 13.9 Å². The highest BCUT2D eigenvalue weighted by molar-refractivity contribution is 7.98. The predicted octanol–water partition coefficient (Wildman–Crippen LogP) is 6.70. The maximum absolute atomic E-state index is 14.5. The summed E-state index contributed by atoms with van der Waals surface area (Å²) in [6.45, 7) is 1.63. The van der Waals surface area contributed by atoms with E-state index in [0.717, 1.165) is 14.8 Å². The van der Waals surface area contributed by atoms with Gasteiger partial charge in [-0.15, -0.1) is 11.8 Å². The van der Waals surface area contributed by atoms with E-state index < -0.39 is 34.4 Å². The second-order valence-corrected chi connectivity index (χ2v) is 13.8. The summed E-state index contributed by atoms with van der Waals surface area (Å²) in [6.07, 6.45) is 2.08. The van der Waals surface area contributed by atoms with Crippen molar-refractivity contribution in [1.29, 1.82) is 0 Å². The van der Waals surface area contributed by atoms with Gasteiger partial charge in [-0.05, 0) is 85.0 Å². The molecule has 4 rings (SSSR count). The minimum Gasteiger partial charge on any atom is -0.494 e. The van der Waals surface area contributed by atoms with E-state index in [0.29, 0.717) is 28.0 Å². The molecular weight excluding hydrogens is 665 g/mol. The number of thioether (sulfide) groups is 1. The molecule has 242 valence electrons. The minimum absolute atomic E-state index is 0.0198. The number of halogens is 2. The van der Waals surface area contributed by atoms with Crippen LogP contribution in [0.2, 0.25) is 10.0 Å². The third kappa shape index (κ3) is 8.76. The first-order valence-corrected chi connectivity index (χ1v) is 17.9. The number of sulfonamides is 1. The molecule has 1 N–H and O–H groups in total. The molecule has 0 radical (unpaired) electrons. The molecule has 0 fully saturated rings. The number of likely N-dealkylation sites (N-methyl/N-ethyl adjacent to an activating group) is 1. The van der Waals surface area contributed by atoms with Crippen LogP contribution in [0.1, 0.15) is 18.1 Å². The number of hydrogen-bond acceptors (Lipinski definition) is 6. The molecular formula is C34H35Cl2N3O5S2. The highest BCUT2D eigenvalue weighted by Gasteiger charge is 2.34. The largest absolute Gasteiger partial charge is 0.494 e. The Balaban J connectivity index is 1.80. The van der Waals surface area contributed by atoms with Crippen molar-refractivity contribution in [2.24, 2.45) is 0 Å². The molecule has 0 heterocycles. The molecule has 2 amide bonds. The van der Waals surface area contributed by atoms with Crippen molar-refractivity contribution < 1.29 is 22.7 Å². The van der Waals surface area contributed by atoms with Crippen LogP contribution in [-0.4, -0.2) is 57.6 Å². The smallest absolute Gasteiger partial charge is 0.264 e. The van der Waals surface area contributed by atoms with E-state index in [1.54, 1.807) is 54.6 Å². The molecule has 0 saturated heterocycles. The zero-order chi connectivity index (χ0) is 33.3. The lowest BCUT2D eigenvalue weighted by Gasteiger charge is -2.33. The summed E-state index contributed by atoms with van der Waals surface area (Å²) in [7, 11) is -2.74. The lowest BCUT2D eigenvalue weighted by Crippen LogP contribution is -2.53. The van der Waals surface area contributed by atoms with Gasteiger partial charge in [0.2, 0.25) is 11.8 Å². The second kappa shape index (κ2) is 16.2. The average molecular weight is 701 g/mol. The topological polar surface area (TPSA) is 96.0 Å². The summed E-state index contributed by atoms with van der Waals surface area (Å²) in [5.41, 5.74) is 1.63. The second-order valence-electron chi connectivity index (χ2n) is 10.2. The molecule has 0 spiro atoms. The Morgan fingerprint density at radius 3 is 2.20 bits per heavy atom. The first-order chi connectivity index (χ1) is 22.1. The Labute approximate surface area is 284 Å². The summed E-state index contributed by atoms with van der Waals surface area (Å²) in [5.74, 6) is -0.458. The van der Waals surface area contributed by atoms with Crippen LogP contribution >= 0.6 is 35.0 Å². The zero-order valence-electron chi connectivity index (χ0n) is 25.7. The molecule has 4 aromatic carbocycles. The lowest BCUT2D eigenvalue weighted by atomic mass is 10.0. The lowest BCUT2D eigenvalue weighted by molar-refractivity contribution is -0.139. The van der Waals surface area contributed by atoms with Crippen LogP contribution in [0.3, 0.4) is 0 Å². The number of nitrogens with zero attached hydrogens (tertiary/aromatic N) is 2. The average Bonchev–Trinajstić information content (AvgIpc) is 3.06. The number of hydrogen-bond donors (Lipinski definition) is 1. The maximum atomic E-state index is 14.5. The third-order valence-electron chi connectivity index (χ3n) is 7.24. The predicted molar refractivity (Wildman–Crippen MR) is 185 cm³/mol. The highest BCUT2D eigenvalue weighted by atomic mass is 35.5. The van der Waals surface area contributed by atoms with Crippen LogP contribution in [0, 0.1) is 0 Å². The van der Waals surface area contributed by atoms with E-state index in [9.17, 15) is 18.0 Å². The molecule has 1 atom stereocenters. The summed E-state index contributed by atoms with van der Waals surface area (Å²) in [4.78, 5) is 30.2. The van der Waals surface area contributed by atoms with Gasteiger partial charge in [0.05, 0.1) is 17.2 Å². The maximum Gasteiger partial charge on any atom is 0.264 e. The number of carbonyl (C=O) groups is 2. The molecule has 1 unspecified atom stereocenters. The Hall–Kier alpha value is -3.70. The molecule has 0 bridgehead atoms. The number of rotatable bonds is 14. The summed E-state index contributed by atoms with van der Waals surface area (Å²) in [5, 5.41) is 3.39. The van der Waals surface area contributed by atoms with Gasteiger partial charge in [-0.25, -0.2) is 8.42 Å². The quantitative estimate of drug-likeness (QED) is 0.147. The first-order valence-electron chi connectivity index (χ1n) is 14.5. The molecule has 0 aliphatic heterocycles. The van der Waals surface area contributed by atoms with Gasteiger partial charge in [-0.2, -0.15) is 0 Å². The molecule has 12 heteroatoms. The fraction of sp³-hybridized carbons (Fsp3) is 0.235. The molecule has 4 aromatic rings. The summed E-state index contributed by atoms with van der Waals surface area (Å²) < 4.78 is 35.0. The molecule has 46 heavy (non-hydrogen) atoms. The molecule has 0 aliphatic carbocycles. The van der Waals surface area contributed by atoms with Crippen molar-refractivity contribution in [3.05, 3.63) is 118 Å². The summed E-state index contributed by atoms with van der Waals surface area (Å²) >= 11 is 14.2. The Kier molecular flexibility index (Phi) is 12.4. The number of benzene rings is 4. The monoisotopic (exact) mass is 699 g/mol. The van der Waals surface area contributed by atoms with Crippen molar-refractivity contribution in [3.8, 4) is 5.75 Å². The van der Waals surface area contributed by atoms with Gasteiger partial charge >= 0.3 is 0 Å². The number of carbonyl (C=O) groups excluding carboxylic acids is 2. The van der Waals surface area contributed by atoms with E-state index in [1.165, 1.54) is 35.8 Å². The van der Waals surface area contributed by atoms with Crippen molar-refractivity contribution in [2.45, 2.75) is 35.7 Å². The van der Waals surface area contributed by atoms with Crippen molar-refractivity contribution in [3.63, 3.8) is 0 Å². The fourth-order valence-electron chi connectivity index (χ4n) is 4.83. The van der Waals surface area contributed by atoms with Gasteiger partial charge in [0.25, 0.3) is 10.0 Å². The van der Waals surface area contributed by atoms with Gasteiger partial charge in [0.1, 0.15) is 18.3 Å². The molecule has 0 saturated carbocycles. The standard InChI is InChI=1S/C34H35Cl2N3O5S2/c1-4-44-28-14-12-27(13-15-28)39(46(42,43)30-18-16-29(45-3)17-19-30)23-33(40)38(22-25-10-11-26(35)21-31(25)36)32(34(41)37-2)20-24-8-6-5-7-9-24/h5-19,21,32H,4,20,22-23H2,1-3H3,(H,37,41). The normalized spacial score (nSPS) is 11.8. The summed E-state index contributed by atoms with van der Waals surface area (Å²) in [6, 6.07) is 26.1. The van der Waals surface area contributed by atoms with Crippen LogP contribution < -0.4 is 14.4 Å². The van der Waals surface area contributed by atoms with Crippen molar-refractivity contribution in [1.82, 2.24) is 10.2 Å². The minimum atomic E-state index is -4.24. The molecule has 8 nitrogen and oxygen atoms in total. The third-order valence-corrected chi connectivity index (χ3v) is 10.4. The van der Waals surface area contributed by atoms with E-state index in [1.807, 2.05) is 43.5 Å². The fourth-order valence-corrected chi connectivity index (χ4v) is 7.12. The Bertz CT molecular complexity index is 1740. The van der Waals surface area contributed by atoms with Gasteiger partial charge in [0, 0.05) is 35.0 Å². The van der Waals surface area contributed by atoms with Crippen LogP contribution in [0.15, 0.2) is 107 Å². The van der Waals surface area contributed by atoms with Crippen LogP contribution in [-0.2, 0) is 32.6 Å². The van der Waals surface area contributed by atoms with E-state index >= 15 is 0 Å². The van der Waals surface area contributed by atoms with Crippen LogP contribution in [0.5, 0.6) is 5.75 Å². The first kappa shape index (κ1) is 35.2. The number of nitrogens with one attached hydrogen (secondary N) is 1. The molecule has 0 aromatic heterocycles. The number of ether oxygens (including phenoxy) is 1. The van der Waals surface area contributed by atoms with E-state index in [4.69, 9.17) is 27.9 Å². The zero-order valence-corrected chi connectivity index (χ0v) is 28.8. The van der Waals surface area contributed by atoms with Crippen LogP contribution in [0.25, 0.3) is 0 Å². The van der Waals surface area contributed by atoms with Gasteiger partial charge in [0.15, 0.2) is 0 Å². The van der Waals surface area contributed by atoms with Crippen molar-refractivity contribution >= 4 is 62.5 Å². The van der Waals surface area contributed by atoms with Gasteiger partial charge in [-0.1, -0.05) is 59.6 Å². The molecule has 0 aliphatic rings. The highest BCUT2D eigenvalue weighted by Crippen LogP contribution is 2.29. The van der Waals surface area contributed by atoms with E-state index in [-0.39, 0.29) is 23.5 Å². The van der Waals surface area contributed by atoms with Crippen LogP contribution in [0.4, 0.5) is 5.69 Å². The van der Waals surface area contributed by atoms with Crippen molar-refractivity contribution in [2.75, 3.05) is 30.8 Å². The Morgan fingerprint density at radius 1 is 0.935 bits per heavy atom. The number of anilines is 1. The van der Waals surface area contributed by atoms with Gasteiger partial charge < -0.3 is 15.0 Å². The Morgan fingerprint density at radius 2 is 1.61 bits per heavy atom.